The van der Waals surface area contributed by atoms with Gasteiger partial charge in [0, 0.05) is 9.76 Å². The van der Waals surface area contributed by atoms with E-state index in [-0.39, 0.29) is 0 Å². The topological polar surface area (TPSA) is 3.24 Å². The molecule has 0 saturated carbocycles. The summed E-state index contributed by atoms with van der Waals surface area (Å²) in [5.74, 6) is 0. The summed E-state index contributed by atoms with van der Waals surface area (Å²) in [6.45, 7) is 0. The highest BCUT2D eigenvalue weighted by Gasteiger charge is 1.73. The Morgan fingerprint density at radius 2 is 1.80 bits per heavy atom. The molecule has 0 unspecified atom stereocenters. The molecule has 0 atom stereocenters. The lowest BCUT2D eigenvalue weighted by Gasteiger charge is -1.99. The van der Waals surface area contributed by atoms with E-state index in [1.807, 2.05) is 0 Å². The first-order valence-corrected chi connectivity index (χ1v) is 8.21. The van der Waals surface area contributed by atoms with E-state index in [9.17, 15) is 0 Å². The Morgan fingerprint density at radius 3 is 1.80 bits per heavy atom. The molecule has 0 radical (unpaired) electrons. The SMILES string of the molecule is CN(C)[SiH2][SiH3]. The number of nitrogens with zero attached hydrogens (tertiary/aromatic N) is 1. The summed E-state index contributed by atoms with van der Waals surface area (Å²) in [6, 6.07) is 0. The third kappa shape index (κ3) is 4.39. The van der Waals surface area contributed by atoms with Gasteiger partial charge in [-0.15, -0.1) is 0 Å². The van der Waals surface area contributed by atoms with E-state index in [1.165, 1.54) is 9.76 Å². The van der Waals surface area contributed by atoms with Crippen LogP contribution in [0.25, 0.3) is 0 Å². The molecule has 32 valence electrons. The molecule has 0 aromatic rings. The summed E-state index contributed by atoms with van der Waals surface area (Å²) < 4.78 is 2.33. The van der Waals surface area contributed by atoms with Gasteiger partial charge in [-0.3, -0.25) is 0 Å². The summed E-state index contributed by atoms with van der Waals surface area (Å²) >= 11 is 0. The molecule has 1 nitrogen and oxygen atoms in total. The lowest BCUT2D eigenvalue weighted by Crippen LogP contribution is -2.16. The summed E-state index contributed by atoms with van der Waals surface area (Å²) in [5, 5.41) is 0. The van der Waals surface area contributed by atoms with Gasteiger partial charge in [0.25, 0.3) is 0 Å². The van der Waals surface area contributed by atoms with Crippen LogP contribution < -0.4 is 0 Å². The van der Waals surface area contributed by atoms with Crippen molar-refractivity contribution in [2.45, 2.75) is 0 Å². The zero-order valence-corrected chi connectivity index (χ0v) is 7.57. The van der Waals surface area contributed by atoms with Crippen molar-refractivity contribution in [2.75, 3.05) is 14.1 Å². The van der Waals surface area contributed by atoms with Crippen LogP contribution in [-0.2, 0) is 0 Å². The van der Waals surface area contributed by atoms with Crippen molar-refractivity contribution in [1.29, 1.82) is 0 Å². The molecule has 0 heterocycles. The Morgan fingerprint density at radius 1 is 1.60 bits per heavy atom. The van der Waals surface area contributed by atoms with Crippen LogP contribution in [-0.4, -0.2) is 37.6 Å². The van der Waals surface area contributed by atoms with Crippen molar-refractivity contribution in [1.82, 2.24) is 4.57 Å². The van der Waals surface area contributed by atoms with E-state index in [4.69, 9.17) is 0 Å². The maximum atomic E-state index is 2.33. The van der Waals surface area contributed by atoms with Crippen LogP contribution in [0.5, 0.6) is 0 Å². The lowest BCUT2D eigenvalue weighted by molar-refractivity contribution is 0.673. The Bertz CT molecular complexity index is 21.6. The quantitative estimate of drug-likeness (QED) is 0.346. The van der Waals surface area contributed by atoms with Crippen molar-refractivity contribution in [3.05, 3.63) is 0 Å². The second-order valence-corrected chi connectivity index (χ2v) is 5.19. The fourth-order valence-electron chi connectivity index (χ4n) is 0. The maximum Gasteiger partial charge on any atom is 0.0749 e. The minimum absolute atomic E-state index is 0.321. The Labute approximate surface area is 38.5 Å². The Balaban J connectivity index is 2.54. The molecule has 0 bridgehead atoms. The Kier molecular flexibility index (Phi) is 2.83. The van der Waals surface area contributed by atoms with Gasteiger partial charge in [-0.1, -0.05) is 0 Å². The second-order valence-electron chi connectivity index (χ2n) is 1.40. The number of hydrogen-bond acceptors (Lipinski definition) is 1. The van der Waals surface area contributed by atoms with Crippen LogP contribution in [0.2, 0.25) is 0 Å². The van der Waals surface area contributed by atoms with E-state index < -0.39 is 0 Å². The molecule has 0 saturated heterocycles. The molecule has 0 aromatic carbocycles. The molecule has 5 heavy (non-hydrogen) atoms. The summed E-state index contributed by atoms with van der Waals surface area (Å²) in [7, 11) is 6.06. The third-order valence-electron chi connectivity index (χ3n) is 0.632. The van der Waals surface area contributed by atoms with Gasteiger partial charge >= 0.3 is 0 Å². The van der Waals surface area contributed by atoms with Gasteiger partial charge in [-0.25, -0.2) is 0 Å². The first kappa shape index (κ1) is 5.39. The van der Waals surface area contributed by atoms with Crippen LogP contribution in [0, 0.1) is 0 Å². The number of rotatable bonds is 1. The largest absolute Gasteiger partial charge is 0.338 e. The molecular weight excluding hydrogens is 94.2 g/mol. The van der Waals surface area contributed by atoms with Gasteiger partial charge in [-0.05, 0) is 14.1 Å². The van der Waals surface area contributed by atoms with Crippen LogP contribution in [0.4, 0.5) is 0 Å². The van der Waals surface area contributed by atoms with Gasteiger partial charge in [0.2, 0.25) is 0 Å². The van der Waals surface area contributed by atoms with E-state index in [1.54, 1.807) is 0 Å². The van der Waals surface area contributed by atoms with Crippen molar-refractivity contribution in [2.24, 2.45) is 0 Å². The molecule has 0 aromatic heterocycles. The normalized spacial score (nSPS) is 12.6. The predicted molar refractivity (Wildman–Crippen MR) is 32.2 cm³/mol. The average Bonchev–Trinajstić information content (AvgIpc) is 1.38. The fourth-order valence-corrected chi connectivity index (χ4v) is 0. The second kappa shape index (κ2) is 2.62. The van der Waals surface area contributed by atoms with Crippen LogP contribution in [0.15, 0.2) is 0 Å². The van der Waals surface area contributed by atoms with E-state index in [2.05, 4.69) is 18.7 Å². The van der Waals surface area contributed by atoms with Crippen LogP contribution in [0.3, 0.4) is 0 Å². The fraction of sp³-hybridized carbons (Fsp3) is 1.00. The van der Waals surface area contributed by atoms with Crippen molar-refractivity contribution < 1.29 is 0 Å². The van der Waals surface area contributed by atoms with Crippen molar-refractivity contribution in [3.8, 4) is 0 Å². The number of hydrogen-bond donors (Lipinski definition) is 0. The third-order valence-corrected chi connectivity index (χ3v) is 5.69. The minimum Gasteiger partial charge on any atom is -0.338 e. The van der Waals surface area contributed by atoms with E-state index in [0.717, 1.165) is 0 Å². The highest BCUT2D eigenvalue weighted by molar-refractivity contribution is 6.87. The molecule has 0 aliphatic rings. The van der Waals surface area contributed by atoms with Gasteiger partial charge in [0.15, 0.2) is 0 Å². The smallest absolute Gasteiger partial charge is 0.0749 e. The summed E-state index contributed by atoms with van der Waals surface area (Å²) in [4.78, 5) is 0. The zero-order chi connectivity index (χ0) is 4.28. The standard InChI is InChI=1S/C2H11NSi2/c1-3(2)5-4/h5H2,1-2,4H3. The molecule has 0 amide bonds. The molecule has 0 spiro atoms. The summed E-state index contributed by atoms with van der Waals surface area (Å²) in [5.41, 5.74) is 0. The first-order valence-electron chi connectivity index (χ1n) is 1.92. The lowest BCUT2D eigenvalue weighted by atomic mass is 11.3. The Hall–Kier alpha value is 0.394. The van der Waals surface area contributed by atoms with Crippen LogP contribution in [0.1, 0.15) is 0 Å². The molecule has 0 N–H and O–H groups in total. The van der Waals surface area contributed by atoms with Gasteiger partial charge in [0.1, 0.15) is 0 Å². The monoisotopic (exact) mass is 105 g/mol. The van der Waals surface area contributed by atoms with E-state index >= 15 is 0 Å². The van der Waals surface area contributed by atoms with Gasteiger partial charge < -0.3 is 4.57 Å². The van der Waals surface area contributed by atoms with Gasteiger partial charge in [-0.2, -0.15) is 0 Å². The molecular formula is C2H11NSi2. The maximum absolute atomic E-state index is 2.33. The molecule has 3 heteroatoms. The predicted octanol–water partition coefficient (Wildman–Crippen LogP) is -2.09. The van der Waals surface area contributed by atoms with Crippen molar-refractivity contribution in [3.63, 3.8) is 0 Å². The van der Waals surface area contributed by atoms with E-state index in [0.29, 0.717) is 9.20 Å². The first-order chi connectivity index (χ1) is 2.27. The molecule has 0 fully saturated rings. The van der Waals surface area contributed by atoms with Gasteiger partial charge in [0.05, 0.1) is 9.20 Å². The molecule has 0 aliphatic carbocycles. The summed E-state index contributed by atoms with van der Waals surface area (Å²) in [6.07, 6.45) is 0. The van der Waals surface area contributed by atoms with Crippen molar-refractivity contribution >= 4 is 19.0 Å². The average molecular weight is 105 g/mol. The molecule has 0 rings (SSSR count). The van der Waals surface area contributed by atoms with Crippen LogP contribution >= 0.6 is 0 Å². The zero-order valence-electron chi connectivity index (χ0n) is 4.15. The highest BCUT2D eigenvalue weighted by atomic mass is 29.1. The minimum atomic E-state index is 0.321. The highest BCUT2D eigenvalue weighted by Crippen LogP contribution is 1.54. The molecule has 0 aliphatic heterocycles.